The molecule has 35 heavy (non-hydrogen) atoms. The van der Waals surface area contributed by atoms with Crippen molar-refractivity contribution < 1.29 is 14.3 Å². The number of hydrogen-bond donors (Lipinski definition) is 0. The molecule has 184 valence electrons. The van der Waals surface area contributed by atoms with E-state index in [2.05, 4.69) is 4.90 Å². The Balaban J connectivity index is 1.16. The molecule has 3 aromatic carbocycles. The molecule has 0 saturated carbocycles. The van der Waals surface area contributed by atoms with Crippen LogP contribution in [0.5, 0.6) is 5.75 Å². The van der Waals surface area contributed by atoms with Crippen LogP contribution in [0.3, 0.4) is 0 Å². The Labute approximate surface area is 213 Å². The Morgan fingerprint density at radius 2 is 1.69 bits per heavy atom. The highest BCUT2D eigenvalue weighted by Crippen LogP contribution is 2.25. The lowest BCUT2D eigenvalue weighted by molar-refractivity contribution is 0.0354. The highest BCUT2D eigenvalue weighted by atomic mass is 35.5. The molecule has 1 saturated heterocycles. The van der Waals surface area contributed by atoms with E-state index in [4.69, 9.17) is 21.1 Å². The van der Waals surface area contributed by atoms with Gasteiger partial charge < -0.3 is 14.4 Å². The van der Waals surface area contributed by atoms with Gasteiger partial charge in [-0.25, -0.2) is 4.79 Å². The van der Waals surface area contributed by atoms with E-state index in [1.54, 1.807) is 0 Å². The number of carbonyl (C=O) groups excluding carboxylic acids is 1. The van der Waals surface area contributed by atoms with Gasteiger partial charge in [0.05, 0.1) is 18.8 Å². The van der Waals surface area contributed by atoms with Crippen molar-refractivity contribution in [2.24, 2.45) is 5.92 Å². The van der Waals surface area contributed by atoms with Crippen LogP contribution in [-0.2, 0) is 4.74 Å². The quantitative estimate of drug-likeness (QED) is 0.211. The number of likely N-dealkylation sites (tertiary alicyclic amines) is 1. The lowest BCUT2D eigenvalue weighted by Gasteiger charge is -2.32. The first-order valence-electron chi connectivity index (χ1n) is 12.6. The molecule has 0 amide bonds. The largest absolute Gasteiger partial charge is 0.494 e. The summed E-state index contributed by atoms with van der Waals surface area (Å²) in [5.41, 5.74) is 2.58. The molecule has 1 aliphatic rings. The van der Waals surface area contributed by atoms with Crippen molar-refractivity contribution in [3.63, 3.8) is 0 Å². The maximum atomic E-state index is 12.9. The average Bonchev–Trinajstić information content (AvgIpc) is 2.91. The minimum atomic E-state index is -0.234. The molecule has 0 aliphatic carbocycles. The maximum absolute atomic E-state index is 12.9. The van der Waals surface area contributed by atoms with Crippen LogP contribution < -0.4 is 4.74 Å². The number of benzene rings is 3. The van der Waals surface area contributed by atoms with Crippen molar-refractivity contribution in [2.45, 2.75) is 32.1 Å². The van der Waals surface area contributed by atoms with Gasteiger partial charge in [0.25, 0.3) is 0 Å². The van der Waals surface area contributed by atoms with E-state index < -0.39 is 0 Å². The second kappa shape index (κ2) is 13.3. The molecule has 3 aromatic rings. The number of ether oxygens (including phenoxy) is 2. The SMILES string of the molecule is O=C(OCC1CCCN(CCCCCOc2ccc(Cl)cc2)C1)c1ccccc1-c1ccccc1. The number of hydrogen-bond acceptors (Lipinski definition) is 4. The van der Waals surface area contributed by atoms with Crippen LogP contribution >= 0.6 is 11.6 Å². The van der Waals surface area contributed by atoms with Gasteiger partial charge in [-0.2, -0.15) is 0 Å². The third-order valence-electron chi connectivity index (χ3n) is 6.49. The number of unbranched alkanes of at least 4 members (excludes halogenated alkanes) is 2. The number of carbonyl (C=O) groups is 1. The second-order valence-electron chi connectivity index (χ2n) is 9.18. The summed E-state index contributed by atoms with van der Waals surface area (Å²) in [6.45, 7) is 4.41. The zero-order chi connectivity index (χ0) is 24.3. The monoisotopic (exact) mass is 491 g/mol. The molecular formula is C30H34ClNO3. The first-order chi connectivity index (χ1) is 17.2. The van der Waals surface area contributed by atoms with Gasteiger partial charge in [0.15, 0.2) is 0 Å². The predicted octanol–water partition coefficient (Wildman–Crippen LogP) is 7.13. The van der Waals surface area contributed by atoms with Crippen molar-refractivity contribution in [3.8, 4) is 16.9 Å². The van der Waals surface area contributed by atoms with Crippen molar-refractivity contribution in [2.75, 3.05) is 32.8 Å². The summed E-state index contributed by atoms with van der Waals surface area (Å²) in [4.78, 5) is 15.4. The van der Waals surface area contributed by atoms with E-state index >= 15 is 0 Å². The van der Waals surface area contributed by atoms with Gasteiger partial charge >= 0.3 is 5.97 Å². The smallest absolute Gasteiger partial charge is 0.338 e. The van der Waals surface area contributed by atoms with Gasteiger partial charge in [0.1, 0.15) is 5.75 Å². The topological polar surface area (TPSA) is 38.8 Å². The zero-order valence-corrected chi connectivity index (χ0v) is 21.0. The van der Waals surface area contributed by atoms with Crippen LogP contribution in [0, 0.1) is 5.92 Å². The summed E-state index contributed by atoms with van der Waals surface area (Å²) in [5.74, 6) is 1.03. The fourth-order valence-electron chi connectivity index (χ4n) is 4.63. The summed E-state index contributed by atoms with van der Waals surface area (Å²) >= 11 is 5.91. The molecule has 1 aliphatic heterocycles. The average molecular weight is 492 g/mol. The Hall–Kier alpha value is -2.82. The van der Waals surface area contributed by atoms with Crippen LogP contribution in [0.1, 0.15) is 42.5 Å². The van der Waals surface area contributed by atoms with Crippen LogP contribution in [0.25, 0.3) is 11.1 Å². The van der Waals surface area contributed by atoms with Crippen molar-refractivity contribution in [1.82, 2.24) is 4.90 Å². The third kappa shape index (κ3) is 7.84. The molecule has 5 heteroatoms. The molecular weight excluding hydrogens is 458 g/mol. The molecule has 1 unspecified atom stereocenters. The first-order valence-corrected chi connectivity index (χ1v) is 13.0. The summed E-state index contributed by atoms with van der Waals surface area (Å²) < 4.78 is 11.6. The number of halogens is 1. The Bertz CT molecular complexity index is 1050. The molecule has 0 spiro atoms. The second-order valence-corrected chi connectivity index (χ2v) is 9.62. The number of esters is 1. The summed E-state index contributed by atoms with van der Waals surface area (Å²) in [7, 11) is 0. The van der Waals surface area contributed by atoms with E-state index in [-0.39, 0.29) is 5.97 Å². The van der Waals surface area contributed by atoms with Gasteiger partial charge in [-0.3, -0.25) is 0 Å². The molecule has 4 rings (SSSR count). The highest BCUT2D eigenvalue weighted by Gasteiger charge is 2.22. The summed E-state index contributed by atoms with van der Waals surface area (Å²) in [6, 6.07) is 25.2. The molecule has 0 bridgehead atoms. The molecule has 0 aromatic heterocycles. The van der Waals surface area contributed by atoms with Crippen molar-refractivity contribution in [1.29, 1.82) is 0 Å². The van der Waals surface area contributed by atoms with E-state index in [9.17, 15) is 4.79 Å². The molecule has 1 fully saturated rings. The van der Waals surface area contributed by atoms with Crippen LogP contribution in [0.2, 0.25) is 5.02 Å². The molecule has 4 nitrogen and oxygen atoms in total. The summed E-state index contributed by atoms with van der Waals surface area (Å²) in [6.07, 6.45) is 5.60. The minimum Gasteiger partial charge on any atom is -0.494 e. The van der Waals surface area contributed by atoms with Gasteiger partial charge in [-0.15, -0.1) is 0 Å². The van der Waals surface area contributed by atoms with Crippen molar-refractivity contribution in [3.05, 3.63) is 89.4 Å². The zero-order valence-electron chi connectivity index (χ0n) is 20.2. The van der Waals surface area contributed by atoms with E-state index in [1.807, 2.05) is 78.9 Å². The number of piperidine rings is 1. The Morgan fingerprint density at radius 3 is 2.51 bits per heavy atom. The normalized spacial score (nSPS) is 16.1. The third-order valence-corrected chi connectivity index (χ3v) is 6.74. The molecule has 0 radical (unpaired) electrons. The van der Waals surface area contributed by atoms with Crippen LogP contribution in [0.15, 0.2) is 78.9 Å². The number of nitrogens with zero attached hydrogens (tertiary/aromatic N) is 1. The molecule has 0 N–H and O–H groups in total. The van der Waals surface area contributed by atoms with Crippen LogP contribution in [-0.4, -0.2) is 43.7 Å². The fraction of sp³-hybridized carbons (Fsp3) is 0.367. The standard InChI is InChI=1S/C30H34ClNO3/c31-26-15-17-27(18-16-26)34-21-8-2-7-19-32-20-9-10-24(22-32)23-35-30(33)29-14-6-5-13-28(29)25-11-3-1-4-12-25/h1,3-6,11-18,24H,2,7-10,19-23H2. The van der Waals surface area contributed by atoms with Gasteiger partial charge in [0.2, 0.25) is 0 Å². The van der Waals surface area contributed by atoms with E-state index in [1.165, 1.54) is 0 Å². The van der Waals surface area contributed by atoms with Crippen molar-refractivity contribution >= 4 is 17.6 Å². The molecule has 1 heterocycles. The minimum absolute atomic E-state index is 0.234. The molecule has 1 atom stereocenters. The van der Waals surface area contributed by atoms with Gasteiger partial charge in [-0.1, -0.05) is 60.1 Å². The number of rotatable bonds is 11. The van der Waals surface area contributed by atoms with Crippen LogP contribution in [0.4, 0.5) is 0 Å². The van der Waals surface area contributed by atoms with Gasteiger partial charge in [0, 0.05) is 17.5 Å². The highest BCUT2D eigenvalue weighted by molar-refractivity contribution is 6.30. The first kappa shape index (κ1) is 25.3. The lowest BCUT2D eigenvalue weighted by Crippen LogP contribution is -2.38. The predicted molar refractivity (Wildman–Crippen MR) is 142 cm³/mol. The lowest BCUT2D eigenvalue weighted by atomic mass is 9.98. The Kier molecular flexibility index (Phi) is 9.62. The van der Waals surface area contributed by atoms with Gasteiger partial charge in [-0.05, 0) is 86.7 Å². The van der Waals surface area contributed by atoms with E-state index in [0.29, 0.717) is 18.1 Å². The Morgan fingerprint density at radius 1 is 0.914 bits per heavy atom. The van der Waals surface area contributed by atoms with E-state index in [0.717, 1.165) is 80.2 Å². The summed E-state index contributed by atoms with van der Waals surface area (Å²) in [5, 5.41) is 0.726. The fourth-order valence-corrected chi connectivity index (χ4v) is 4.75. The maximum Gasteiger partial charge on any atom is 0.338 e.